The number of hydrogen-bond acceptors (Lipinski definition) is 10. The molecule has 0 fully saturated rings. The van der Waals surface area contributed by atoms with Crippen molar-refractivity contribution in [1.29, 1.82) is 0 Å². The zero-order valence-electron chi connectivity index (χ0n) is 18.6. The van der Waals surface area contributed by atoms with Crippen molar-refractivity contribution in [2.45, 2.75) is 51.9 Å². The van der Waals surface area contributed by atoms with Crippen molar-refractivity contribution in [3.63, 3.8) is 0 Å². The molecule has 32 heavy (non-hydrogen) atoms. The quantitative estimate of drug-likeness (QED) is 0.176. The maximum atomic E-state index is 12.2. The van der Waals surface area contributed by atoms with E-state index in [2.05, 4.69) is 10.3 Å². The van der Waals surface area contributed by atoms with Crippen molar-refractivity contribution in [1.82, 2.24) is 10.3 Å². The van der Waals surface area contributed by atoms with E-state index in [0.29, 0.717) is 55.7 Å². The minimum Gasteiger partial charge on any atom is -0.490 e. The third-order valence-electron chi connectivity index (χ3n) is 4.63. The van der Waals surface area contributed by atoms with Gasteiger partial charge in [-0.2, -0.15) is 0 Å². The van der Waals surface area contributed by atoms with E-state index in [0.717, 1.165) is 5.56 Å². The molecule has 10 nitrogen and oxygen atoms in total. The summed E-state index contributed by atoms with van der Waals surface area (Å²) in [6, 6.07) is 4.58. The first-order chi connectivity index (χ1) is 15.3. The minimum absolute atomic E-state index is 0.0118. The second-order valence-corrected chi connectivity index (χ2v) is 7.19. The highest BCUT2D eigenvalue weighted by atomic mass is 16.5. The van der Waals surface area contributed by atoms with Crippen molar-refractivity contribution in [3.8, 4) is 23.0 Å². The van der Waals surface area contributed by atoms with Gasteiger partial charge in [0.05, 0.1) is 24.9 Å². The number of nitrogens with zero attached hydrogens (tertiary/aromatic N) is 1. The lowest BCUT2D eigenvalue weighted by Gasteiger charge is -2.11. The molecule has 2 aromatic rings. The highest BCUT2D eigenvalue weighted by molar-refractivity contribution is 6.39. The van der Waals surface area contributed by atoms with Crippen LogP contribution in [0.2, 0.25) is 0 Å². The Kier molecular flexibility index (Phi) is 10.3. The van der Waals surface area contributed by atoms with E-state index in [4.69, 9.17) is 31.1 Å². The van der Waals surface area contributed by atoms with Gasteiger partial charge in [-0.1, -0.05) is 0 Å². The number of Topliss-reactive ketones (excluding diaryl/α,β-unsaturated/α-hetero) is 2. The molecule has 0 radical (unpaired) electrons. The predicted octanol–water partition coefficient (Wildman–Crippen LogP) is 1.11. The Morgan fingerprint density at radius 3 is 2.53 bits per heavy atom. The maximum absolute atomic E-state index is 12.2. The summed E-state index contributed by atoms with van der Waals surface area (Å²) in [6.45, 7) is 5.33. The second kappa shape index (κ2) is 12.9. The van der Waals surface area contributed by atoms with Gasteiger partial charge in [0.25, 0.3) is 0 Å². The molecule has 0 aliphatic heterocycles. The second-order valence-electron chi connectivity index (χ2n) is 7.19. The lowest BCUT2D eigenvalue weighted by molar-refractivity contribution is -0.137. The summed E-state index contributed by atoms with van der Waals surface area (Å²) in [6.07, 6.45) is 2.11. The molecule has 0 bridgehead atoms. The zero-order chi connectivity index (χ0) is 23.5. The van der Waals surface area contributed by atoms with Gasteiger partial charge < -0.3 is 31.1 Å². The molecule has 1 heterocycles. The van der Waals surface area contributed by atoms with Crippen molar-refractivity contribution in [3.05, 3.63) is 30.2 Å². The van der Waals surface area contributed by atoms with Crippen LogP contribution in [0.25, 0.3) is 11.5 Å². The van der Waals surface area contributed by atoms with Crippen molar-refractivity contribution >= 4 is 11.6 Å². The summed E-state index contributed by atoms with van der Waals surface area (Å²) in [7, 11) is 0. The number of benzene rings is 1. The zero-order valence-corrected chi connectivity index (χ0v) is 18.6. The molecule has 1 aromatic carbocycles. The molecule has 1 atom stereocenters. The first-order valence-electron chi connectivity index (χ1n) is 10.8. The van der Waals surface area contributed by atoms with Crippen LogP contribution in [0.4, 0.5) is 0 Å². The topological polar surface area (TPSA) is 169 Å². The van der Waals surface area contributed by atoms with Crippen molar-refractivity contribution in [2.24, 2.45) is 17.2 Å². The Hall–Kier alpha value is -2.79. The third-order valence-corrected chi connectivity index (χ3v) is 4.63. The van der Waals surface area contributed by atoms with Crippen LogP contribution >= 0.6 is 0 Å². The molecule has 0 saturated heterocycles. The highest BCUT2D eigenvalue weighted by Crippen LogP contribution is 2.32. The normalized spacial score (nSPS) is 12.1. The number of ketones is 2. The number of rotatable bonds is 15. The minimum atomic E-state index is -0.841. The predicted molar refractivity (Wildman–Crippen MR) is 120 cm³/mol. The number of carbonyl (C=O) groups excluding carboxylic acids is 2. The van der Waals surface area contributed by atoms with E-state index in [1.807, 2.05) is 19.9 Å². The number of aromatic nitrogens is 1. The lowest BCUT2D eigenvalue weighted by Crippen LogP contribution is -2.46. The number of ether oxygens (including phenoxy) is 2. The van der Waals surface area contributed by atoms with Gasteiger partial charge in [0.1, 0.15) is 12.6 Å². The molecule has 7 N–H and O–H groups in total. The highest BCUT2D eigenvalue weighted by Gasteiger charge is 2.22. The number of nitrogens with two attached hydrogens (primary N) is 3. The number of aryl methyl sites for hydroxylation is 1. The Balaban J connectivity index is 1.91. The molecule has 0 spiro atoms. The van der Waals surface area contributed by atoms with Crippen LogP contribution in [-0.2, 0) is 16.0 Å². The summed E-state index contributed by atoms with van der Waals surface area (Å²) in [5.41, 5.74) is 17.9. The first-order valence-corrected chi connectivity index (χ1v) is 10.8. The lowest BCUT2D eigenvalue weighted by atomic mass is 10.0. The molecule has 0 aliphatic rings. The molecular weight excluding hydrogens is 414 g/mol. The number of carbonyl (C=O) groups is 2. The average Bonchev–Trinajstić information content (AvgIpc) is 3.25. The van der Waals surface area contributed by atoms with Gasteiger partial charge in [-0.25, -0.2) is 4.98 Å². The molecule has 0 aliphatic carbocycles. The van der Waals surface area contributed by atoms with Crippen LogP contribution in [0.15, 0.2) is 28.9 Å². The van der Waals surface area contributed by atoms with Gasteiger partial charge in [-0.15, -0.1) is 0 Å². The molecule has 10 heteroatoms. The molecule has 1 aromatic heterocycles. The van der Waals surface area contributed by atoms with Crippen molar-refractivity contribution in [2.75, 3.05) is 19.8 Å². The van der Waals surface area contributed by atoms with Crippen LogP contribution in [0.3, 0.4) is 0 Å². The Morgan fingerprint density at radius 1 is 1.12 bits per heavy atom. The summed E-state index contributed by atoms with van der Waals surface area (Å²) in [5, 5.41) is 2.82. The monoisotopic (exact) mass is 447 g/mol. The van der Waals surface area contributed by atoms with Gasteiger partial charge in [0.15, 0.2) is 17.3 Å². The van der Waals surface area contributed by atoms with Crippen LogP contribution in [0, 0.1) is 0 Å². The van der Waals surface area contributed by atoms with E-state index < -0.39 is 23.9 Å². The maximum Gasteiger partial charge on any atom is 0.226 e. The van der Waals surface area contributed by atoms with Gasteiger partial charge in [0.2, 0.25) is 11.7 Å². The molecule has 0 saturated carbocycles. The van der Waals surface area contributed by atoms with E-state index in [-0.39, 0.29) is 12.8 Å². The van der Waals surface area contributed by atoms with Crippen molar-refractivity contribution < 1.29 is 23.5 Å². The average molecular weight is 448 g/mol. The van der Waals surface area contributed by atoms with Gasteiger partial charge in [-0.05, 0) is 51.4 Å². The number of nitrogens with one attached hydrogen (secondary N) is 1. The summed E-state index contributed by atoms with van der Waals surface area (Å²) in [4.78, 5) is 28.8. The standard InChI is InChI=1S/C22H33N5O5/c1-3-30-18-10-7-14(12-19(18)31-4-2)21-27-15(13-32-21)8-9-17(28)20(29)16(23)6-5-11-26-22(24)25/h7,10,12-13,16,22,26H,3-6,8-9,11,23-25H2,1-2H3/t16-/m0/s1. The smallest absolute Gasteiger partial charge is 0.226 e. The van der Waals surface area contributed by atoms with Crippen LogP contribution in [0.1, 0.15) is 38.8 Å². The van der Waals surface area contributed by atoms with Crippen LogP contribution in [-0.4, -0.2) is 48.6 Å². The summed E-state index contributed by atoms with van der Waals surface area (Å²) >= 11 is 0. The summed E-state index contributed by atoms with van der Waals surface area (Å²) < 4.78 is 16.7. The third kappa shape index (κ3) is 7.72. The van der Waals surface area contributed by atoms with E-state index in [1.165, 1.54) is 6.26 Å². The van der Waals surface area contributed by atoms with Gasteiger partial charge >= 0.3 is 0 Å². The molecule has 176 valence electrons. The fraction of sp³-hybridized carbons (Fsp3) is 0.500. The first kappa shape index (κ1) is 25.5. The van der Waals surface area contributed by atoms with Gasteiger partial charge in [-0.3, -0.25) is 14.9 Å². The number of hydrogen-bond donors (Lipinski definition) is 4. The SMILES string of the molecule is CCOc1ccc(-c2nc(CCC(=O)C(=O)[C@@H](N)CCCNC(N)N)co2)cc1OCC. The Labute approximate surface area is 187 Å². The fourth-order valence-electron chi connectivity index (χ4n) is 3.03. The molecule has 0 unspecified atom stereocenters. The van der Waals surface area contributed by atoms with Gasteiger partial charge in [0, 0.05) is 18.4 Å². The fourth-order valence-corrected chi connectivity index (χ4v) is 3.03. The Bertz CT molecular complexity index is 883. The Morgan fingerprint density at radius 2 is 1.84 bits per heavy atom. The summed E-state index contributed by atoms with van der Waals surface area (Å²) in [5.74, 6) is 0.533. The van der Waals surface area contributed by atoms with E-state index in [9.17, 15) is 9.59 Å². The van der Waals surface area contributed by atoms with E-state index in [1.54, 1.807) is 12.1 Å². The van der Waals surface area contributed by atoms with Crippen LogP contribution < -0.4 is 32.0 Å². The molecule has 0 amide bonds. The molecular formula is C22H33N5O5. The van der Waals surface area contributed by atoms with Crippen LogP contribution in [0.5, 0.6) is 11.5 Å². The largest absolute Gasteiger partial charge is 0.490 e. The van der Waals surface area contributed by atoms with E-state index >= 15 is 0 Å². The number of oxazole rings is 1. The molecule has 2 rings (SSSR count).